The summed E-state index contributed by atoms with van der Waals surface area (Å²) in [6.45, 7) is 4.84. The Morgan fingerprint density at radius 3 is 2.85 bits per heavy atom. The van der Waals surface area contributed by atoms with Crippen molar-refractivity contribution < 1.29 is 14.3 Å². The summed E-state index contributed by atoms with van der Waals surface area (Å²) in [4.78, 5) is 38.3. The number of halogens is 1. The maximum absolute atomic E-state index is 13.1. The molecule has 9 heteroatoms. The van der Waals surface area contributed by atoms with Crippen molar-refractivity contribution in [3.8, 4) is 11.3 Å². The molecule has 1 unspecified atom stereocenters. The number of hydrogen-bond acceptors (Lipinski definition) is 6. The zero-order valence-corrected chi connectivity index (χ0v) is 19.5. The molecule has 0 bridgehead atoms. The summed E-state index contributed by atoms with van der Waals surface area (Å²) in [6, 6.07) is 6.18. The number of nitrogens with one attached hydrogen (secondary N) is 1. The maximum Gasteiger partial charge on any atom is 0.254 e. The van der Waals surface area contributed by atoms with Gasteiger partial charge in [0.2, 0.25) is 11.9 Å². The number of ether oxygens (including phenoxy) is 1. The number of rotatable bonds is 5. The lowest BCUT2D eigenvalue weighted by Gasteiger charge is -2.24. The van der Waals surface area contributed by atoms with Gasteiger partial charge in [0.05, 0.1) is 16.9 Å². The van der Waals surface area contributed by atoms with Gasteiger partial charge in [-0.1, -0.05) is 23.7 Å². The van der Waals surface area contributed by atoms with Crippen LogP contribution in [-0.4, -0.2) is 70.0 Å². The lowest BCUT2D eigenvalue weighted by atomic mass is 10.0. The van der Waals surface area contributed by atoms with Crippen molar-refractivity contribution in [3.05, 3.63) is 40.5 Å². The fourth-order valence-corrected chi connectivity index (χ4v) is 5.06. The molecule has 1 aromatic heterocycles. The molecule has 3 aliphatic rings. The van der Waals surface area contributed by atoms with Crippen molar-refractivity contribution in [2.24, 2.45) is 0 Å². The number of likely N-dealkylation sites (tertiary alicyclic amines) is 1. The summed E-state index contributed by atoms with van der Waals surface area (Å²) >= 11 is 6.43. The van der Waals surface area contributed by atoms with Crippen LogP contribution in [0, 0.1) is 0 Å². The second-order valence-corrected chi connectivity index (χ2v) is 9.44. The topological polar surface area (TPSA) is 87.7 Å². The minimum absolute atomic E-state index is 0.0176. The van der Waals surface area contributed by atoms with E-state index in [2.05, 4.69) is 22.2 Å². The highest BCUT2D eigenvalue weighted by atomic mass is 35.5. The van der Waals surface area contributed by atoms with Gasteiger partial charge in [-0.05, 0) is 44.2 Å². The van der Waals surface area contributed by atoms with Crippen molar-refractivity contribution in [1.82, 2.24) is 19.8 Å². The molecule has 1 atom stereocenters. The number of carbonyl (C=O) groups is 2. The van der Waals surface area contributed by atoms with Crippen LogP contribution in [0.3, 0.4) is 0 Å². The number of hydrogen-bond donors (Lipinski definition) is 1. The summed E-state index contributed by atoms with van der Waals surface area (Å²) in [5.74, 6) is 0.405. The molecule has 5 rings (SSSR count). The van der Waals surface area contributed by atoms with Crippen LogP contribution in [0.1, 0.15) is 48.5 Å². The number of fused-ring (bicyclic) bond motifs is 1. The first-order valence-corrected chi connectivity index (χ1v) is 12.0. The smallest absolute Gasteiger partial charge is 0.254 e. The Labute approximate surface area is 198 Å². The van der Waals surface area contributed by atoms with E-state index >= 15 is 0 Å². The standard InChI is InChI=1S/C24H28ClN5O3/c1-15-3-2-8-30(15)21(31)14-29-13-17-5-4-16(11-19(17)23(29)32)22-20(25)12-26-24(28-22)27-18-6-9-33-10-7-18/h4-5,11-12,15,18H,2-3,6-10,13-14H2,1H3,(H,26,27,28). The number of benzene rings is 1. The second-order valence-electron chi connectivity index (χ2n) is 9.03. The van der Waals surface area contributed by atoms with E-state index in [9.17, 15) is 9.59 Å². The first-order valence-electron chi connectivity index (χ1n) is 11.6. The van der Waals surface area contributed by atoms with E-state index in [0.29, 0.717) is 28.8 Å². The molecule has 2 amide bonds. The quantitative estimate of drug-likeness (QED) is 0.722. The van der Waals surface area contributed by atoms with Gasteiger partial charge in [-0.15, -0.1) is 0 Å². The predicted molar refractivity (Wildman–Crippen MR) is 125 cm³/mol. The van der Waals surface area contributed by atoms with Gasteiger partial charge >= 0.3 is 0 Å². The van der Waals surface area contributed by atoms with Gasteiger partial charge < -0.3 is 19.9 Å². The number of amides is 2. The van der Waals surface area contributed by atoms with E-state index in [4.69, 9.17) is 16.3 Å². The molecule has 174 valence electrons. The second kappa shape index (κ2) is 9.27. The summed E-state index contributed by atoms with van der Waals surface area (Å²) in [6.07, 6.45) is 5.44. The van der Waals surface area contributed by atoms with E-state index in [-0.39, 0.29) is 30.4 Å². The molecule has 0 aliphatic carbocycles. The molecular formula is C24H28ClN5O3. The average molecular weight is 470 g/mol. The number of carbonyl (C=O) groups excluding carboxylic acids is 2. The molecule has 2 aromatic rings. The molecule has 2 saturated heterocycles. The molecule has 0 radical (unpaired) electrons. The van der Waals surface area contributed by atoms with E-state index in [1.54, 1.807) is 11.1 Å². The third kappa shape index (κ3) is 4.54. The molecule has 1 aromatic carbocycles. The Balaban J connectivity index is 1.33. The van der Waals surface area contributed by atoms with E-state index in [1.165, 1.54) is 0 Å². The third-order valence-electron chi connectivity index (χ3n) is 6.76. The molecule has 3 aliphatic heterocycles. The van der Waals surface area contributed by atoms with Crippen molar-refractivity contribution >= 4 is 29.4 Å². The SMILES string of the molecule is CC1CCCN1C(=O)CN1Cc2ccc(-c3nc(NC4CCOCC4)ncc3Cl)cc2C1=O. The van der Waals surface area contributed by atoms with Crippen molar-refractivity contribution in [3.63, 3.8) is 0 Å². The van der Waals surface area contributed by atoms with Gasteiger partial charge in [-0.2, -0.15) is 0 Å². The van der Waals surface area contributed by atoms with Gasteiger partial charge in [0.25, 0.3) is 5.91 Å². The first kappa shape index (κ1) is 22.1. The van der Waals surface area contributed by atoms with Crippen LogP contribution in [0.4, 0.5) is 5.95 Å². The Hall–Kier alpha value is -2.71. The van der Waals surface area contributed by atoms with E-state index < -0.39 is 0 Å². The van der Waals surface area contributed by atoms with Crippen LogP contribution < -0.4 is 5.32 Å². The largest absolute Gasteiger partial charge is 0.381 e. The van der Waals surface area contributed by atoms with Crippen LogP contribution in [-0.2, 0) is 16.1 Å². The minimum Gasteiger partial charge on any atom is -0.381 e. The predicted octanol–water partition coefficient (Wildman–Crippen LogP) is 3.35. The summed E-state index contributed by atoms with van der Waals surface area (Å²) in [5, 5.41) is 3.78. The minimum atomic E-state index is -0.127. The third-order valence-corrected chi connectivity index (χ3v) is 7.04. The normalized spacial score (nSPS) is 20.9. The fraction of sp³-hybridized carbons (Fsp3) is 0.500. The first-order chi connectivity index (χ1) is 16.0. The van der Waals surface area contributed by atoms with E-state index in [1.807, 2.05) is 23.1 Å². The summed E-state index contributed by atoms with van der Waals surface area (Å²) in [5.41, 5.74) is 2.85. The van der Waals surface area contributed by atoms with Crippen LogP contribution in [0.5, 0.6) is 0 Å². The van der Waals surface area contributed by atoms with Crippen LogP contribution in [0.2, 0.25) is 5.02 Å². The van der Waals surface area contributed by atoms with E-state index in [0.717, 1.165) is 56.6 Å². The van der Waals surface area contributed by atoms with Crippen LogP contribution in [0.25, 0.3) is 11.3 Å². The average Bonchev–Trinajstić information content (AvgIpc) is 3.38. The number of nitrogens with zero attached hydrogens (tertiary/aromatic N) is 4. The van der Waals surface area contributed by atoms with Crippen molar-refractivity contribution in [2.45, 2.75) is 51.2 Å². The zero-order valence-electron chi connectivity index (χ0n) is 18.7. The number of anilines is 1. The number of aromatic nitrogens is 2. The van der Waals surface area contributed by atoms with Crippen LogP contribution in [0.15, 0.2) is 24.4 Å². The van der Waals surface area contributed by atoms with Gasteiger partial charge in [-0.3, -0.25) is 9.59 Å². The molecule has 4 heterocycles. The maximum atomic E-state index is 13.1. The highest BCUT2D eigenvalue weighted by Gasteiger charge is 2.32. The molecule has 1 N–H and O–H groups in total. The Morgan fingerprint density at radius 1 is 1.27 bits per heavy atom. The molecule has 0 saturated carbocycles. The van der Waals surface area contributed by atoms with Gasteiger partial charge in [0.15, 0.2) is 0 Å². The van der Waals surface area contributed by atoms with Crippen LogP contribution >= 0.6 is 11.6 Å². The van der Waals surface area contributed by atoms with Gasteiger partial charge in [-0.25, -0.2) is 9.97 Å². The Morgan fingerprint density at radius 2 is 2.09 bits per heavy atom. The van der Waals surface area contributed by atoms with Gasteiger partial charge in [0.1, 0.15) is 6.54 Å². The monoisotopic (exact) mass is 469 g/mol. The Kier molecular flexibility index (Phi) is 6.21. The lowest BCUT2D eigenvalue weighted by molar-refractivity contribution is -0.132. The molecule has 33 heavy (non-hydrogen) atoms. The summed E-state index contributed by atoms with van der Waals surface area (Å²) < 4.78 is 5.41. The van der Waals surface area contributed by atoms with Gasteiger partial charge in [0, 0.05) is 49.5 Å². The van der Waals surface area contributed by atoms with Crippen molar-refractivity contribution in [2.75, 3.05) is 31.6 Å². The Bertz CT molecular complexity index is 1070. The summed E-state index contributed by atoms with van der Waals surface area (Å²) in [7, 11) is 0. The molecule has 0 spiro atoms. The fourth-order valence-electron chi connectivity index (χ4n) is 4.86. The zero-order chi connectivity index (χ0) is 22.9. The highest BCUT2D eigenvalue weighted by Crippen LogP contribution is 2.32. The lowest BCUT2D eigenvalue weighted by Crippen LogP contribution is -2.41. The van der Waals surface area contributed by atoms with Crippen molar-refractivity contribution in [1.29, 1.82) is 0 Å². The highest BCUT2D eigenvalue weighted by molar-refractivity contribution is 6.33. The molecular weight excluding hydrogens is 442 g/mol. The molecule has 2 fully saturated rings. The molecule has 8 nitrogen and oxygen atoms in total.